The Bertz CT molecular complexity index is 515. The summed E-state index contributed by atoms with van der Waals surface area (Å²) in [6, 6.07) is 3.99. The molecule has 116 valence electrons. The Balaban J connectivity index is 1.79. The normalized spacial score (nSPS) is 19.4. The summed E-state index contributed by atoms with van der Waals surface area (Å²) in [6.45, 7) is 7.25. The van der Waals surface area contributed by atoms with E-state index in [2.05, 4.69) is 23.6 Å². The summed E-state index contributed by atoms with van der Waals surface area (Å²) in [6.07, 6.45) is 1.35. The van der Waals surface area contributed by atoms with Crippen LogP contribution >= 0.6 is 11.3 Å². The van der Waals surface area contributed by atoms with E-state index in [1.807, 2.05) is 24.8 Å². The smallest absolute Gasteiger partial charge is 0.315 e. The second-order valence-electron chi connectivity index (χ2n) is 5.47. The topological polar surface area (TPSA) is 61.4 Å². The summed E-state index contributed by atoms with van der Waals surface area (Å²) in [4.78, 5) is 27.8. The molecule has 1 aromatic heterocycles. The number of hydrogen-bond acceptors (Lipinski definition) is 3. The van der Waals surface area contributed by atoms with Crippen LogP contribution in [0, 0.1) is 6.92 Å². The van der Waals surface area contributed by atoms with E-state index in [1.54, 1.807) is 11.3 Å². The summed E-state index contributed by atoms with van der Waals surface area (Å²) >= 11 is 1.69. The number of carbonyl (C=O) groups excluding carboxylic acids is 2. The van der Waals surface area contributed by atoms with E-state index in [9.17, 15) is 9.59 Å². The van der Waals surface area contributed by atoms with E-state index in [-0.39, 0.29) is 24.0 Å². The molecule has 2 rings (SSSR count). The van der Waals surface area contributed by atoms with Crippen molar-refractivity contribution in [1.29, 1.82) is 0 Å². The molecule has 1 aliphatic heterocycles. The van der Waals surface area contributed by atoms with Crippen LogP contribution in [0.5, 0.6) is 0 Å². The fourth-order valence-corrected chi connectivity index (χ4v) is 3.39. The van der Waals surface area contributed by atoms with Crippen molar-refractivity contribution >= 4 is 23.3 Å². The molecular weight excluding hydrogens is 286 g/mol. The summed E-state index contributed by atoms with van der Waals surface area (Å²) in [7, 11) is 0. The average molecular weight is 309 g/mol. The van der Waals surface area contributed by atoms with Crippen molar-refractivity contribution in [3.05, 3.63) is 21.9 Å². The predicted octanol–water partition coefficient (Wildman–Crippen LogP) is 2.43. The maximum absolute atomic E-state index is 12.0. The molecule has 0 aliphatic carbocycles. The van der Waals surface area contributed by atoms with Gasteiger partial charge in [-0.05, 0) is 32.4 Å². The van der Waals surface area contributed by atoms with Gasteiger partial charge in [-0.25, -0.2) is 4.79 Å². The van der Waals surface area contributed by atoms with E-state index in [0.29, 0.717) is 13.0 Å². The molecule has 0 bridgehead atoms. The van der Waals surface area contributed by atoms with E-state index >= 15 is 0 Å². The monoisotopic (exact) mass is 309 g/mol. The van der Waals surface area contributed by atoms with E-state index in [4.69, 9.17) is 0 Å². The first-order chi connectivity index (χ1) is 9.99. The van der Waals surface area contributed by atoms with E-state index < -0.39 is 0 Å². The second-order valence-corrected chi connectivity index (χ2v) is 6.79. The van der Waals surface area contributed by atoms with E-state index in [1.165, 1.54) is 4.88 Å². The molecule has 2 atom stereocenters. The standard InChI is InChI=1S/C15H23N3O2S/c1-4-14(19)18-8-7-12(9-18)17-15(20)16-11(3)13-6-5-10(2)21-13/h5-6,11-12H,4,7-9H2,1-3H3,(H2,16,17,20). The third-order valence-electron chi connectivity index (χ3n) is 3.71. The number of likely N-dealkylation sites (tertiary alicyclic amines) is 1. The number of nitrogens with zero attached hydrogens (tertiary/aromatic N) is 1. The lowest BCUT2D eigenvalue weighted by Crippen LogP contribution is -2.44. The number of urea groups is 1. The van der Waals surface area contributed by atoms with Crippen LogP contribution in [-0.2, 0) is 4.79 Å². The molecular formula is C15H23N3O2S. The summed E-state index contributed by atoms with van der Waals surface area (Å²) in [5, 5.41) is 5.91. The molecule has 1 fully saturated rings. The highest BCUT2D eigenvalue weighted by Crippen LogP contribution is 2.22. The molecule has 6 heteroatoms. The molecule has 1 aromatic rings. The van der Waals surface area contributed by atoms with Crippen LogP contribution in [0.3, 0.4) is 0 Å². The van der Waals surface area contributed by atoms with Gasteiger partial charge in [-0.1, -0.05) is 6.92 Å². The maximum Gasteiger partial charge on any atom is 0.315 e. The summed E-state index contributed by atoms with van der Waals surface area (Å²) in [5.74, 6) is 0.155. The minimum Gasteiger partial charge on any atom is -0.341 e. The Morgan fingerprint density at radius 1 is 1.48 bits per heavy atom. The Morgan fingerprint density at radius 2 is 2.24 bits per heavy atom. The van der Waals surface area contributed by atoms with Gasteiger partial charge in [0.05, 0.1) is 6.04 Å². The highest BCUT2D eigenvalue weighted by molar-refractivity contribution is 7.12. The Labute approximate surface area is 129 Å². The molecule has 21 heavy (non-hydrogen) atoms. The minimum absolute atomic E-state index is 0.00141. The molecule has 1 saturated heterocycles. The molecule has 5 nitrogen and oxygen atoms in total. The highest BCUT2D eigenvalue weighted by Gasteiger charge is 2.26. The van der Waals surface area contributed by atoms with Crippen molar-refractivity contribution in [3.8, 4) is 0 Å². The lowest BCUT2D eigenvalue weighted by atomic mass is 10.2. The van der Waals surface area contributed by atoms with Crippen LogP contribution in [0.1, 0.15) is 42.5 Å². The van der Waals surface area contributed by atoms with E-state index in [0.717, 1.165) is 17.8 Å². The minimum atomic E-state index is -0.163. The Hall–Kier alpha value is -1.56. The van der Waals surface area contributed by atoms with Gasteiger partial charge >= 0.3 is 6.03 Å². The third-order valence-corrected chi connectivity index (χ3v) is 4.90. The van der Waals surface area contributed by atoms with Crippen LogP contribution in [0.2, 0.25) is 0 Å². The van der Waals surface area contributed by atoms with Crippen LogP contribution in [0.4, 0.5) is 4.79 Å². The molecule has 2 N–H and O–H groups in total. The number of hydrogen-bond donors (Lipinski definition) is 2. The van der Waals surface area contributed by atoms with Gasteiger partial charge in [0.1, 0.15) is 0 Å². The molecule has 0 saturated carbocycles. The number of aryl methyl sites for hydroxylation is 1. The van der Waals surface area contributed by atoms with Crippen molar-refractivity contribution in [3.63, 3.8) is 0 Å². The van der Waals surface area contributed by atoms with Crippen molar-refractivity contribution < 1.29 is 9.59 Å². The largest absolute Gasteiger partial charge is 0.341 e. The van der Waals surface area contributed by atoms with Crippen LogP contribution in [0.15, 0.2) is 12.1 Å². The zero-order valence-corrected chi connectivity index (χ0v) is 13.6. The third kappa shape index (κ3) is 4.20. The zero-order valence-electron chi connectivity index (χ0n) is 12.8. The fourth-order valence-electron chi connectivity index (χ4n) is 2.51. The molecule has 0 radical (unpaired) electrons. The Kier molecular flexibility index (Phi) is 5.22. The average Bonchev–Trinajstić information content (AvgIpc) is 3.07. The fraction of sp³-hybridized carbons (Fsp3) is 0.600. The molecule has 0 aromatic carbocycles. The predicted molar refractivity (Wildman–Crippen MR) is 84.4 cm³/mol. The highest BCUT2D eigenvalue weighted by atomic mass is 32.1. The van der Waals surface area contributed by atoms with Gasteiger partial charge in [0.2, 0.25) is 5.91 Å². The Morgan fingerprint density at radius 3 is 2.86 bits per heavy atom. The zero-order chi connectivity index (χ0) is 15.4. The second kappa shape index (κ2) is 6.93. The number of carbonyl (C=O) groups is 2. The van der Waals surface area contributed by atoms with Crippen molar-refractivity contribution in [2.24, 2.45) is 0 Å². The molecule has 3 amide bonds. The number of rotatable bonds is 4. The van der Waals surface area contributed by atoms with Gasteiger partial charge in [-0.2, -0.15) is 0 Å². The van der Waals surface area contributed by atoms with Crippen LogP contribution < -0.4 is 10.6 Å². The lowest BCUT2D eigenvalue weighted by molar-refractivity contribution is -0.129. The molecule has 1 aliphatic rings. The first kappa shape index (κ1) is 15.8. The SMILES string of the molecule is CCC(=O)N1CCC(NC(=O)NC(C)c2ccc(C)s2)C1. The van der Waals surface area contributed by atoms with Gasteiger partial charge in [0.25, 0.3) is 0 Å². The van der Waals surface area contributed by atoms with Gasteiger partial charge in [0, 0.05) is 35.3 Å². The maximum atomic E-state index is 12.0. The van der Waals surface area contributed by atoms with Gasteiger partial charge in [-0.15, -0.1) is 11.3 Å². The van der Waals surface area contributed by atoms with Gasteiger partial charge in [-0.3, -0.25) is 4.79 Å². The van der Waals surface area contributed by atoms with Crippen molar-refractivity contribution in [2.45, 2.75) is 45.7 Å². The summed E-state index contributed by atoms with van der Waals surface area (Å²) < 4.78 is 0. The molecule has 2 heterocycles. The van der Waals surface area contributed by atoms with Crippen molar-refractivity contribution in [1.82, 2.24) is 15.5 Å². The number of amides is 3. The van der Waals surface area contributed by atoms with Crippen LogP contribution in [0.25, 0.3) is 0 Å². The molecule has 2 unspecified atom stereocenters. The first-order valence-corrected chi connectivity index (χ1v) is 8.22. The molecule has 0 spiro atoms. The van der Waals surface area contributed by atoms with Gasteiger partial charge < -0.3 is 15.5 Å². The first-order valence-electron chi connectivity index (χ1n) is 7.40. The van der Waals surface area contributed by atoms with Crippen molar-refractivity contribution in [2.75, 3.05) is 13.1 Å². The quantitative estimate of drug-likeness (QED) is 0.897. The summed E-state index contributed by atoms with van der Waals surface area (Å²) in [5.41, 5.74) is 0. The number of nitrogens with one attached hydrogen (secondary N) is 2. The van der Waals surface area contributed by atoms with Gasteiger partial charge in [0.15, 0.2) is 0 Å². The van der Waals surface area contributed by atoms with Crippen LogP contribution in [-0.4, -0.2) is 36.0 Å². The number of thiophene rings is 1. The lowest BCUT2D eigenvalue weighted by Gasteiger charge is -2.18.